The molecule has 1 aliphatic heterocycles. The van der Waals surface area contributed by atoms with Crippen molar-refractivity contribution < 1.29 is 14.5 Å². The number of benzene rings is 2. The molecule has 0 aliphatic carbocycles. The molecule has 1 heterocycles. The molecule has 27 heavy (non-hydrogen) atoms. The monoisotopic (exact) mass is 369 g/mol. The number of nitrogens with one attached hydrogen (secondary N) is 1. The lowest BCUT2D eigenvalue weighted by Gasteiger charge is -2.33. The molecule has 1 N–H and O–H groups in total. The number of carbonyl (C=O) groups is 1. The second kappa shape index (κ2) is 9.14. The van der Waals surface area contributed by atoms with Crippen molar-refractivity contribution in [3.63, 3.8) is 0 Å². The first kappa shape index (κ1) is 18.8. The van der Waals surface area contributed by atoms with Crippen LogP contribution in [0.15, 0.2) is 54.6 Å². The second-order valence-electron chi connectivity index (χ2n) is 6.67. The van der Waals surface area contributed by atoms with Gasteiger partial charge in [-0.15, -0.1) is 0 Å². The van der Waals surface area contributed by atoms with Gasteiger partial charge in [-0.2, -0.15) is 0 Å². The zero-order valence-corrected chi connectivity index (χ0v) is 15.0. The molecule has 1 fully saturated rings. The first-order valence-corrected chi connectivity index (χ1v) is 9.03. The fourth-order valence-electron chi connectivity index (χ4n) is 3.26. The highest BCUT2D eigenvalue weighted by Gasteiger charge is 2.21. The van der Waals surface area contributed by atoms with E-state index in [9.17, 15) is 14.9 Å². The molecule has 1 aliphatic rings. The van der Waals surface area contributed by atoms with Gasteiger partial charge < -0.3 is 10.1 Å². The van der Waals surface area contributed by atoms with Gasteiger partial charge in [-0.3, -0.25) is 19.8 Å². The Hall–Kier alpha value is -2.93. The smallest absolute Gasteiger partial charge is 0.273 e. The van der Waals surface area contributed by atoms with Gasteiger partial charge in [0.2, 0.25) is 0 Å². The van der Waals surface area contributed by atoms with Gasteiger partial charge in [0.25, 0.3) is 11.6 Å². The van der Waals surface area contributed by atoms with E-state index >= 15 is 0 Å². The summed E-state index contributed by atoms with van der Waals surface area (Å²) in [6.45, 7) is 2.54. The summed E-state index contributed by atoms with van der Waals surface area (Å²) in [5, 5.41) is 13.8. The van der Waals surface area contributed by atoms with Crippen LogP contribution in [-0.2, 0) is 11.3 Å². The Labute approximate surface area is 158 Å². The van der Waals surface area contributed by atoms with E-state index < -0.39 is 4.92 Å². The van der Waals surface area contributed by atoms with Crippen molar-refractivity contribution in [2.45, 2.75) is 25.4 Å². The lowest BCUT2D eigenvalue weighted by atomic mass is 10.0. The summed E-state index contributed by atoms with van der Waals surface area (Å²) >= 11 is 0. The maximum atomic E-state index is 12.2. The SMILES string of the molecule is O=C(COc1cccc([N+](=O)[O-])c1)NC1CCCN(Cc2ccccc2)C1. The third kappa shape index (κ3) is 5.79. The molecule has 7 heteroatoms. The largest absolute Gasteiger partial charge is 0.484 e. The van der Waals surface area contributed by atoms with Crippen LogP contribution in [0.25, 0.3) is 0 Å². The summed E-state index contributed by atoms with van der Waals surface area (Å²) in [5.41, 5.74) is 1.20. The van der Waals surface area contributed by atoms with E-state index in [0.29, 0.717) is 5.75 Å². The minimum absolute atomic E-state index is 0.0586. The Morgan fingerprint density at radius 2 is 2.04 bits per heavy atom. The molecule has 7 nitrogen and oxygen atoms in total. The van der Waals surface area contributed by atoms with Gasteiger partial charge in [0.05, 0.1) is 11.0 Å². The third-order valence-corrected chi connectivity index (χ3v) is 4.52. The number of piperidine rings is 1. The van der Waals surface area contributed by atoms with Gasteiger partial charge in [-0.05, 0) is 31.0 Å². The Morgan fingerprint density at radius 1 is 1.22 bits per heavy atom. The van der Waals surface area contributed by atoms with Crippen molar-refractivity contribution in [2.24, 2.45) is 0 Å². The zero-order chi connectivity index (χ0) is 19.1. The van der Waals surface area contributed by atoms with E-state index in [4.69, 9.17) is 4.74 Å². The fourth-order valence-corrected chi connectivity index (χ4v) is 3.26. The van der Waals surface area contributed by atoms with E-state index in [1.165, 1.54) is 23.8 Å². The number of rotatable bonds is 7. The van der Waals surface area contributed by atoms with Crippen LogP contribution >= 0.6 is 0 Å². The molecule has 0 aromatic heterocycles. The van der Waals surface area contributed by atoms with Gasteiger partial charge in [0, 0.05) is 25.2 Å². The average molecular weight is 369 g/mol. The third-order valence-electron chi connectivity index (χ3n) is 4.52. The molecule has 142 valence electrons. The first-order chi connectivity index (χ1) is 13.1. The van der Waals surface area contributed by atoms with Crippen molar-refractivity contribution >= 4 is 11.6 Å². The number of nitro benzene ring substituents is 1. The second-order valence-corrected chi connectivity index (χ2v) is 6.67. The number of hydrogen-bond donors (Lipinski definition) is 1. The molecule has 2 aromatic rings. The van der Waals surface area contributed by atoms with Crippen LogP contribution in [0, 0.1) is 10.1 Å². The lowest BCUT2D eigenvalue weighted by Crippen LogP contribution is -2.48. The molecule has 0 saturated carbocycles. The Balaban J connectivity index is 1.46. The molecule has 1 unspecified atom stereocenters. The Morgan fingerprint density at radius 3 is 2.81 bits per heavy atom. The quantitative estimate of drug-likeness (QED) is 0.599. The Bertz CT molecular complexity index is 782. The van der Waals surface area contributed by atoms with Crippen molar-refractivity contribution in [3.05, 3.63) is 70.3 Å². The standard InChI is InChI=1S/C20H23N3O4/c24-20(15-27-19-10-4-9-18(12-19)23(25)26)21-17-8-5-11-22(14-17)13-16-6-2-1-3-7-16/h1-4,6-7,9-10,12,17H,5,8,11,13-15H2,(H,21,24). The number of non-ortho nitro benzene ring substituents is 1. The Kier molecular flexibility index (Phi) is 6.38. The molecule has 0 bridgehead atoms. The summed E-state index contributed by atoms with van der Waals surface area (Å²) in [7, 11) is 0. The minimum Gasteiger partial charge on any atom is -0.484 e. The number of nitro groups is 1. The van der Waals surface area contributed by atoms with E-state index in [-0.39, 0.29) is 24.2 Å². The molecule has 3 rings (SSSR count). The van der Waals surface area contributed by atoms with Gasteiger partial charge in [-0.1, -0.05) is 36.4 Å². The highest BCUT2D eigenvalue weighted by atomic mass is 16.6. The summed E-state index contributed by atoms with van der Waals surface area (Å²) in [5.74, 6) is 0.0989. The van der Waals surface area contributed by atoms with E-state index in [2.05, 4.69) is 22.3 Å². The number of ether oxygens (including phenoxy) is 1. The van der Waals surface area contributed by atoms with E-state index in [1.807, 2.05) is 18.2 Å². The fraction of sp³-hybridized carbons (Fsp3) is 0.350. The van der Waals surface area contributed by atoms with Gasteiger partial charge in [-0.25, -0.2) is 0 Å². The molecule has 0 spiro atoms. The maximum absolute atomic E-state index is 12.2. The number of carbonyl (C=O) groups excluding carboxylic acids is 1. The van der Waals surface area contributed by atoms with E-state index in [0.717, 1.165) is 32.5 Å². The number of hydrogen-bond acceptors (Lipinski definition) is 5. The van der Waals surface area contributed by atoms with Gasteiger partial charge >= 0.3 is 0 Å². The zero-order valence-electron chi connectivity index (χ0n) is 15.0. The molecular formula is C20H23N3O4. The van der Waals surface area contributed by atoms with Crippen LogP contribution in [0.1, 0.15) is 18.4 Å². The molecule has 0 radical (unpaired) electrons. The predicted molar refractivity (Wildman–Crippen MR) is 101 cm³/mol. The highest BCUT2D eigenvalue weighted by molar-refractivity contribution is 5.77. The normalized spacial score (nSPS) is 17.3. The van der Waals surface area contributed by atoms with E-state index in [1.54, 1.807) is 6.07 Å². The van der Waals surface area contributed by atoms with Gasteiger partial charge in [0.1, 0.15) is 5.75 Å². The van der Waals surface area contributed by atoms with Crippen molar-refractivity contribution in [1.82, 2.24) is 10.2 Å². The molecule has 1 atom stereocenters. The van der Waals surface area contributed by atoms with Crippen LogP contribution in [0.3, 0.4) is 0 Å². The van der Waals surface area contributed by atoms with Crippen LogP contribution in [-0.4, -0.2) is 41.5 Å². The van der Waals surface area contributed by atoms with Crippen LogP contribution in [0.5, 0.6) is 5.75 Å². The van der Waals surface area contributed by atoms with Crippen molar-refractivity contribution in [1.29, 1.82) is 0 Å². The van der Waals surface area contributed by atoms with Crippen molar-refractivity contribution in [2.75, 3.05) is 19.7 Å². The van der Waals surface area contributed by atoms with Crippen LogP contribution < -0.4 is 10.1 Å². The summed E-state index contributed by atoms with van der Waals surface area (Å²) in [6, 6.07) is 16.2. The summed E-state index contributed by atoms with van der Waals surface area (Å²) < 4.78 is 5.39. The highest BCUT2D eigenvalue weighted by Crippen LogP contribution is 2.19. The number of likely N-dealkylation sites (tertiary alicyclic amines) is 1. The summed E-state index contributed by atoms with van der Waals surface area (Å²) in [4.78, 5) is 24.8. The number of nitrogens with zero attached hydrogens (tertiary/aromatic N) is 2. The first-order valence-electron chi connectivity index (χ1n) is 9.03. The molecule has 2 aromatic carbocycles. The number of amides is 1. The predicted octanol–water partition coefficient (Wildman–Crippen LogP) is 2.75. The average Bonchev–Trinajstić information content (AvgIpc) is 2.68. The lowest BCUT2D eigenvalue weighted by molar-refractivity contribution is -0.384. The van der Waals surface area contributed by atoms with Crippen LogP contribution in [0.4, 0.5) is 5.69 Å². The maximum Gasteiger partial charge on any atom is 0.273 e. The van der Waals surface area contributed by atoms with Crippen LogP contribution in [0.2, 0.25) is 0 Å². The molecule has 1 saturated heterocycles. The van der Waals surface area contributed by atoms with Crippen molar-refractivity contribution in [3.8, 4) is 5.75 Å². The topological polar surface area (TPSA) is 84.7 Å². The molecule has 1 amide bonds. The molecular weight excluding hydrogens is 346 g/mol. The minimum atomic E-state index is -0.490. The summed E-state index contributed by atoms with van der Waals surface area (Å²) in [6.07, 6.45) is 1.97. The van der Waals surface area contributed by atoms with Gasteiger partial charge in [0.15, 0.2) is 6.61 Å².